The number of carbonyl (C=O) groups is 2. The Morgan fingerprint density at radius 2 is 1.94 bits per heavy atom. The highest BCUT2D eigenvalue weighted by atomic mass is 32.2. The summed E-state index contributed by atoms with van der Waals surface area (Å²) in [5, 5.41) is 12.8. The highest BCUT2D eigenvalue weighted by molar-refractivity contribution is 7.89. The maximum Gasteiger partial charge on any atom is 0.339 e. The van der Waals surface area contributed by atoms with E-state index in [4.69, 9.17) is 4.74 Å². The minimum atomic E-state index is -3.71. The predicted octanol–water partition coefficient (Wildman–Crippen LogP) is 2.80. The molecule has 168 valence electrons. The summed E-state index contributed by atoms with van der Waals surface area (Å²) < 4.78 is 31.9. The molecule has 3 N–H and O–H groups in total. The molecule has 2 aromatic rings. The van der Waals surface area contributed by atoms with Gasteiger partial charge in [0.1, 0.15) is 11.4 Å². The first-order valence-corrected chi connectivity index (χ1v) is 11.6. The van der Waals surface area contributed by atoms with Crippen LogP contribution in [-0.2, 0) is 21.2 Å². The fourth-order valence-corrected chi connectivity index (χ4v) is 5.33. The molecule has 0 atom stereocenters. The average Bonchev–Trinajstić information content (AvgIpc) is 3.38. The Morgan fingerprint density at radius 3 is 2.55 bits per heavy atom. The lowest BCUT2D eigenvalue weighted by atomic mass is 10.0. The number of nitrogens with zero attached hydrogens (tertiary/aromatic N) is 1. The lowest BCUT2D eigenvalue weighted by Gasteiger charge is -2.17. The molecule has 1 aliphatic rings. The number of nitrogens with one attached hydrogen (secondary N) is 2. The van der Waals surface area contributed by atoms with Crippen molar-refractivity contribution in [2.45, 2.75) is 44.4 Å². The van der Waals surface area contributed by atoms with Crippen LogP contribution < -0.4 is 5.32 Å². The first-order valence-electron chi connectivity index (χ1n) is 10.1. The number of phenolic OH excluding ortho intramolecular Hbond substituents is 1. The Labute approximate surface area is 181 Å². The van der Waals surface area contributed by atoms with Crippen molar-refractivity contribution >= 4 is 27.6 Å². The van der Waals surface area contributed by atoms with Gasteiger partial charge in [0.05, 0.1) is 23.3 Å². The molecule has 3 rings (SSSR count). The highest BCUT2D eigenvalue weighted by Crippen LogP contribution is 2.30. The molecule has 1 aromatic heterocycles. The van der Waals surface area contributed by atoms with Gasteiger partial charge in [-0.05, 0) is 49.9 Å². The van der Waals surface area contributed by atoms with E-state index >= 15 is 0 Å². The smallest absolute Gasteiger partial charge is 0.339 e. The lowest BCUT2D eigenvalue weighted by molar-refractivity contribution is 0.0599. The lowest BCUT2D eigenvalue weighted by Crippen LogP contribution is -2.28. The number of carbonyl (C=O) groups excluding carboxylic acids is 2. The molecule has 0 radical (unpaired) electrons. The average molecular weight is 450 g/mol. The number of sulfonamides is 1. The number of benzene rings is 1. The van der Waals surface area contributed by atoms with Crippen LogP contribution in [0.5, 0.6) is 5.75 Å². The van der Waals surface area contributed by atoms with Crippen molar-refractivity contribution in [3.05, 3.63) is 40.7 Å². The van der Waals surface area contributed by atoms with Crippen LogP contribution in [0.25, 0.3) is 0 Å². The number of H-pyrrole nitrogens is 1. The van der Waals surface area contributed by atoms with Gasteiger partial charge < -0.3 is 20.1 Å². The van der Waals surface area contributed by atoms with Crippen LogP contribution in [-0.4, -0.2) is 54.9 Å². The van der Waals surface area contributed by atoms with E-state index in [1.54, 1.807) is 6.92 Å². The summed E-state index contributed by atoms with van der Waals surface area (Å²) >= 11 is 0. The molecule has 0 unspecified atom stereocenters. The summed E-state index contributed by atoms with van der Waals surface area (Å²) in [6.45, 7) is 4.49. The van der Waals surface area contributed by atoms with Gasteiger partial charge in [0, 0.05) is 18.8 Å². The van der Waals surface area contributed by atoms with Crippen molar-refractivity contribution in [1.29, 1.82) is 0 Å². The normalized spacial score (nSPS) is 14.5. The molecular formula is C21H27N3O6S. The molecule has 10 heteroatoms. The number of esters is 1. The Morgan fingerprint density at radius 1 is 1.26 bits per heavy atom. The molecular weight excluding hydrogens is 422 g/mol. The third kappa shape index (κ3) is 4.45. The van der Waals surface area contributed by atoms with E-state index in [0.29, 0.717) is 42.8 Å². The zero-order valence-corrected chi connectivity index (χ0v) is 18.6. The number of phenols is 1. The molecule has 1 saturated heterocycles. The van der Waals surface area contributed by atoms with Gasteiger partial charge in [-0.25, -0.2) is 13.2 Å². The molecule has 9 nitrogen and oxygen atoms in total. The third-order valence-corrected chi connectivity index (χ3v) is 7.22. The fraction of sp³-hybridized carbons (Fsp3) is 0.429. The Bertz CT molecular complexity index is 1100. The van der Waals surface area contributed by atoms with Crippen molar-refractivity contribution < 1.29 is 27.9 Å². The van der Waals surface area contributed by atoms with E-state index in [9.17, 15) is 23.1 Å². The minimum absolute atomic E-state index is 0.00537. The second-order valence-electron chi connectivity index (χ2n) is 7.46. The zero-order valence-electron chi connectivity index (χ0n) is 17.8. The maximum absolute atomic E-state index is 13.0. The number of aryl methyl sites for hydroxylation is 1. The van der Waals surface area contributed by atoms with Gasteiger partial charge in [0.15, 0.2) is 0 Å². The summed E-state index contributed by atoms with van der Waals surface area (Å²) in [5.74, 6) is -1.40. The molecule has 1 amide bonds. The van der Waals surface area contributed by atoms with Crippen LogP contribution in [0.1, 0.15) is 58.3 Å². The van der Waals surface area contributed by atoms with Gasteiger partial charge in [-0.3, -0.25) is 4.79 Å². The molecule has 0 saturated carbocycles. The molecule has 1 aromatic carbocycles. The van der Waals surface area contributed by atoms with Crippen molar-refractivity contribution in [2.24, 2.45) is 0 Å². The van der Waals surface area contributed by atoms with E-state index in [0.717, 1.165) is 12.8 Å². The van der Waals surface area contributed by atoms with Crippen molar-refractivity contribution in [1.82, 2.24) is 9.29 Å². The van der Waals surface area contributed by atoms with E-state index in [2.05, 4.69) is 10.3 Å². The quantitative estimate of drug-likeness (QED) is 0.440. The maximum atomic E-state index is 13.0. The van der Waals surface area contributed by atoms with Crippen molar-refractivity contribution in [2.75, 3.05) is 25.5 Å². The first kappa shape index (κ1) is 22.8. The topological polar surface area (TPSA) is 129 Å². The SMILES string of the molecule is CCCc1c(C(=O)Nc2cc(S(=O)(=O)N3CCCC3)ccc2O)[nH]c(C)c1C(=O)OC. The standard InChI is InChI=1S/C21H27N3O6S/c1-4-7-15-18(21(27)30-3)13(2)22-19(15)20(26)23-16-12-14(8-9-17(16)25)31(28,29)24-10-5-6-11-24/h8-9,12,22,25H,4-7,10-11H2,1-3H3,(H,23,26). The molecule has 1 aliphatic heterocycles. The van der Waals surface area contributed by atoms with Crippen LogP contribution in [0.4, 0.5) is 5.69 Å². The van der Waals surface area contributed by atoms with E-state index in [1.165, 1.54) is 29.6 Å². The number of amides is 1. The third-order valence-electron chi connectivity index (χ3n) is 5.33. The largest absolute Gasteiger partial charge is 0.506 e. The minimum Gasteiger partial charge on any atom is -0.506 e. The predicted molar refractivity (Wildman–Crippen MR) is 115 cm³/mol. The second-order valence-corrected chi connectivity index (χ2v) is 9.40. The fourth-order valence-electron chi connectivity index (χ4n) is 3.79. The van der Waals surface area contributed by atoms with Crippen molar-refractivity contribution in [3.63, 3.8) is 0 Å². The van der Waals surface area contributed by atoms with Gasteiger partial charge in [-0.15, -0.1) is 0 Å². The highest BCUT2D eigenvalue weighted by Gasteiger charge is 2.29. The molecule has 1 fully saturated rings. The number of hydrogen-bond donors (Lipinski definition) is 3. The molecule has 0 bridgehead atoms. The number of ether oxygens (including phenoxy) is 1. The number of hydrogen-bond acceptors (Lipinski definition) is 6. The second kappa shape index (κ2) is 9.11. The number of aromatic nitrogens is 1. The van der Waals surface area contributed by atoms with Gasteiger partial charge in [-0.1, -0.05) is 13.3 Å². The monoisotopic (exact) mass is 449 g/mol. The number of aromatic amines is 1. The summed E-state index contributed by atoms with van der Waals surface area (Å²) in [5.41, 5.74) is 1.47. The molecule has 0 spiro atoms. The number of aromatic hydroxyl groups is 1. The molecule has 0 aliphatic carbocycles. The van der Waals surface area contributed by atoms with Gasteiger partial charge in [0.25, 0.3) is 5.91 Å². The summed E-state index contributed by atoms with van der Waals surface area (Å²) in [7, 11) is -2.44. The molecule has 31 heavy (non-hydrogen) atoms. The number of anilines is 1. The number of rotatable bonds is 7. The summed E-state index contributed by atoms with van der Waals surface area (Å²) in [6, 6.07) is 3.80. The van der Waals surface area contributed by atoms with Crippen molar-refractivity contribution in [3.8, 4) is 5.75 Å². The Hall–Kier alpha value is -2.85. The van der Waals surface area contributed by atoms with Gasteiger partial charge in [-0.2, -0.15) is 4.31 Å². The van der Waals surface area contributed by atoms with E-state index in [1.807, 2.05) is 6.92 Å². The zero-order chi connectivity index (χ0) is 22.8. The van der Waals surface area contributed by atoms with Crippen LogP contribution in [0.2, 0.25) is 0 Å². The van der Waals surface area contributed by atoms with E-state index < -0.39 is 21.9 Å². The molecule has 2 heterocycles. The Kier molecular flexibility index (Phi) is 6.71. The van der Waals surface area contributed by atoms with Gasteiger partial charge >= 0.3 is 5.97 Å². The van der Waals surface area contributed by atoms with Crippen LogP contribution in [0, 0.1) is 6.92 Å². The number of methoxy groups -OCH3 is 1. The summed E-state index contributed by atoms with van der Waals surface area (Å²) in [4.78, 5) is 28.1. The summed E-state index contributed by atoms with van der Waals surface area (Å²) in [6.07, 6.45) is 2.76. The van der Waals surface area contributed by atoms with Crippen LogP contribution in [0.3, 0.4) is 0 Å². The van der Waals surface area contributed by atoms with Crippen LogP contribution >= 0.6 is 0 Å². The van der Waals surface area contributed by atoms with Crippen LogP contribution in [0.15, 0.2) is 23.1 Å². The van der Waals surface area contributed by atoms with Gasteiger partial charge in [0.2, 0.25) is 10.0 Å². The Balaban J connectivity index is 1.95. The van der Waals surface area contributed by atoms with E-state index in [-0.39, 0.29) is 22.0 Å². The first-order chi connectivity index (χ1) is 14.7.